The molecule has 0 unspecified atom stereocenters. The molecule has 4 rings (SSSR count). The first-order valence-electron chi connectivity index (χ1n) is 7.94. The predicted molar refractivity (Wildman–Crippen MR) is 95.6 cm³/mol. The second kappa shape index (κ2) is 5.93. The fraction of sp³-hybridized carbons (Fsp3) is 0.167. The van der Waals surface area contributed by atoms with Crippen molar-refractivity contribution in [2.45, 2.75) is 18.2 Å². The number of nitrogens with one attached hydrogen (secondary N) is 1. The average Bonchev–Trinajstić information content (AvgIpc) is 3.22. The van der Waals surface area contributed by atoms with Crippen molar-refractivity contribution in [1.29, 1.82) is 0 Å². The van der Waals surface area contributed by atoms with Gasteiger partial charge in [0, 0.05) is 12.2 Å². The van der Waals surface area contributed by atoms with Crippen molar-refractivity contribution in [2.24, 2.45) is 0 Å². The summed E-state index contributed by atoms with van der Waals surface area (Å²) in [7, 11) is -3.76. The minimum Gasteiger partial charge on any atom is -0.363 e. The van der Waals surface area contributed by atoms with E-state index < -0.39 is 10.0 Å². The standard InChI is InChI=1S/C18H17N3O3S/c1-13-18(12-24-19-13)25(22,23)20-15-7-3-5-9-17(15)21-11-10-14-6-2-4-8-16(14)21/h2-9,12,20H,10-11H2,1H3. The Morgan fingerprint density at radius 2 is 1.80 bits per heavy atom. The Kier molecular flexibility index (Phi) is 3.73. The van der Waals surface area contributed by atoms with Gasteiger partial charge in [-0.1, -0.05) is 35.5 Å². The Bertz CT molecular complexity index is 1030. The third-order valence-corrected chi connectivity index (χ3v) is 5.78. The number of rotatable bonds is 4. The summed E-state index contributed by atoms with van der Waals surface area (Å²) in [6.45, 7) is 2.41. The summed E-state index contributed by atoms with van der Waals surface area (Å²) in [5, 5.41) is 3.65. The number of sulfonamides is 1. The fourth-order valence-corrected chi connectivity index (χ4v) is 4.29. The van der Waals surface area contributed by atoms with Crippen molar-refractivity contribution in [2.75, 3.05) is 16.2 Å². The number of nitrogens with zero attached hydrogens (tertiary/aromatic N) is 2. The summed E-state index contributed by atoms with van der Waals surface area (Å²) in [4.78, 5) is 2.18. The van der Waals surface area contributed by atoms with Gasteiger partial charge in [-0.2, -0.15) is 0 Å². The summed E-state index contributed by atoms with van der Waals surface area (Å²) in [5.74, 6) is 0. The van der Waals surface area contributed by atoms with Gasteiger partial charge in [-0.05, 0) is 37.1 Å². The topological polar surface area (TPSA) is 75.4 Å². The molecule has 6 nitrogen and oxygen atoms in total. The third kappa shape index (κ3) is 2.76. The highest BCUT2D eigenvalue weighted by atomic mass is 32.2. The van der Waals surface area contributed by atoms with Crippen molar-refractivity contribution in [3.05, 3.63) is 66.1 Å². The molecule has 0 atom stereocenters. The molecule has 0 spiro atoms. The second-order valence-electron chi connectivity index (χ2n) is 5.92. The lowest BCUT2D eigenvalue weighted by molar-refractivity contribution is 0.413. The van der Waals surface area contributed by atoms with Gasteiger partial charge in [-0.25, -0.2) is 8.42 Å². The lowest BCUT2D eigenvalue weighted by Crippen LogP contribution is -2.19. The Balaban J connectivity index is 1.73. The summed E-state index contributed by atoms with van der Waals surface area (Å²) in [6, 6.07) is 15.6. The quantitative estimate of drug-likeness (QED) is 0.775. The molecule has 25 heavy (non-hydrogen) atoms. The zero-order valence-electron chi connectivity index (χ0n) is 13.6. The molecule has 1 aliphatic heterocycles. The van der Waals surface area contributed by atoms with Crippen LogP contribution in [0.3, 0.4) is 0 Å². The maximum absolute atomic E-state index is 12.7. The van der Waals surface area contributed by atoms with Gasteiger partial charge in [0.1, 0.15) is 16.9 Å². The highest BCUT2D eigenvalue weighted by molar-refractivity contribution is 7.92. The Morgan fingerprint density at radius 3 is 2.56 bits per heavy atom. The van der Waals surface area contributed by atoms with Gasteiger partial charge < -0.3 is 9.42 Å². The van der Waals surface area contributed by atoms with Gasteiger partial charge in [-0.3, -0.25) is 4.72 Å². The van der Waals surface area contributed by atoms with E-state index in [0.29, 0.717) is 11.4 Å². The zero-order valence-corrected chi connectivity index (χ0v) is 14.5. The highest BCUT2D eigenvalue weighted by Gasteiger charge is 2.25. The first-order chi connectivity index (χ1) is 12.1. The maximum Gasteiger partial charge on any atom is 0.267 e. The molecule has 0 bridgehead atoms. The molecular weight excluding hydrogens is 338 g/mol. The van der Waals surface area contributed by atoms with Crippen LogP contribution >= 0.6 is 0 Å². The van der Waals surface area contributed by atoms with Crippen molar-refractivity contribution < 1.29 is 12.9 Å². The molecule has 1 aliphatic rings. The third-order valence-electron chi connectivity index (χ3n) is 4.32. The molecule has 0 saturated heterocycles. The van der Waals surface area contributed by atoms with Crippen molar-refractivity contribution in [1.82, 2.24) is 5.16 Å². The van der Waals surface area contributed by atoms with E-state index in [1.54, 1.807) is 13.0 Å². The van der Waals surface area contributed by atoms with E-state index in [2.05, 4.69) is 26.9 Å². The first-order valence-corrected chi connectivity index (χ1v) is 9.43. The Morgan fingerprint density at radius 1 is 1.08 bits per heavy atom. The number of anilines is 3. The van der Waals surface area contributed by atoms with Crippen LogP contribution in [0.25, 0.3) is 0 Å². The minimum absolute atomic E-state index is 0.0455. The molecule has 0 radical (unpaired) electrons. The molecule has 1 aromatic heterocycles. The summed E-state index contributed by atoms with van der Waals surface area (Å²) < 4.78 is 32.8. The molecule has 0 amide bonds. The van der Waals surface area contributed by atoms with Crippen LogP contribution in [0.2, 0.25) is 0 Å². The van der Waals surface area contributed by atoms with Crippen LogP contribution in [0.5, 0.6) is 0 Å². The number of para-hydroxylation sites is 3. The maximum atomic E-state index is 12.7. The van der Waals surface area contributed by atoms with Gasteiger partial charge in [0.2, 0.25) is 0 Å². The summed E-state index contributed by atoms with van der Waals surface area (Å²) in [6.07, 6.45) is 2.08. The van der Waals surface area contributed by atoms with Crippen molar-refractivity contribution in [3.8, 4) is 0 Å². The SMILES string of the molecule is Cc1nocc1S(=O)(=O)Nc1ccccc1N1CCc2ccccc21. The minimum atomic E-state index is -3.76. The van der Waals surface area contributed by atoms with Crippen molar-refractivity contribution in [3.63, 3.8) is 0 Å². The van der Waals surface area contributed by atoms with E-state index in [1.165, 1.54) is 5.56 Å². The Hall–Kier alpha value is -2.80. The lowest BCUT2D eigenvalue weighted by atomic mass is 10.2. The normalized spacial score (nSPS) is 13.7. The van der Waals surface area contributed by atoms with Crippen LogP contribution in [-0.2, 0) is 16.4 Å². The molecule has 1 N–H and O–H groups in total. The average molecular weight is 355 g/mol. The van der Waals surface area contributed by atoms with Crippen LogP contribution in [0, 0.1) is 6.92 Å². The van der Waals surface area contributed by atoms with E-state index in [9.17, 15) is 8.42 Å². The number of fused-ring (bicyclic) bond motifs is 1. The zero-order chi connectivity index (χ0) is 17.4. The van der Waals surface area contributed by atoms with Gasteiger partial charge >= 0.3 is 0 Å². The molecule has 0 aliphatic carbocycles. The fourth-order valence-electron chi connectivity index (χ4n) is 3.12. The Labute approximate surface area is 146 Å². The van der Waals surface area contributed by atoms with Gasteiger partial charge in [0.05, 0.1) is 11.4 Å². The second-order valence-corrected chi connectivity index (χ2v) is 7.57. The molecule has 2 heterocycles. The van der Waals surface area contributed by atoms with Gasteiger partial charge in [-0.15, -0.1) is 0 Å². The van der Waals surface area contributed by atoms with Crippen LogP contribution in [0.4, 0.5) is 17.1 Å². The number of aromatic nitrogens is 1. The molecule has 128 valence electrons. The highest BCUT2D eigenvalue weighted by Crippen LogP contribution is 2.38. The lowest BCUT2D eigenvalue weighted by Gasteiger charge is -2.23. The summed E-state index contributed by atoms with van der Waals surface area (Å²) >= 11 is 0. The number of aryl methyl sites for hydroxylation is 1. The van der Waals surface area contributed by atoms with E-state index in [4.69, 9.17) is 4.52 Å². The van der Waals surface area contributed by atoms with E-state index in [0.717, 1.165) is 30.6 Å². The van der Waals surface area contributed by atoms with Crippen LogP contribution in [0.15, 0.2) is 64.2 Å². The smallest absolute Gasteiger partial charge is 0.267 e. The first kappa shape index (κ1) is 15.7. The van der Waals surface area contributed by atoms with E-state index in [-0.39, 0.29) is 4.90 Å². The molecule has 0 saturated carbocycles. The number of hydrogen-bond acceptors (Lipinski definition) is 5. The number of benzene rings is 2. The van der Waals surface area contributed by atoms with E-state index in [1.807, 2.05) is 30.3 Å². The molecule has 2 aromatic carbocycles. The largest absolute Gasteiger partial charge is 0.363 e. The molecule has 0 fully saturated rings. The van der Waals surface area contributed by atoms with Gasteiger partial charge in [0.25, 0.3) is 10.0 Å². The van der Waals surface area contributed by atoms with Crippen molar-refractivity contribution >= 4 is 27.1 Å². The molecule has 7 heteroatoms. The van der Waals surface area contributed by atoms with Crippen LogP contribution in [0.1, 0.15) is 11.3 Å². The predicted octanol–water partition coefficient (Wildman–Crippen LogP) is 3.48. The van der Waals surface area contributed by atoms with E-state index >= 15 is 0 Å². The summed E-state index contributed by atoms with van der Waals surface area (Å²) in [5.41, 5.74) is 4.05. The van der Waals surface area contributed by atoms with Crippen LogP contribution < -0.4 is 9.62 Å². The van der Waals surface area contributed by atoms with Gasteiger partial charge in [0.15, 0.2) is 0 Å². The molecular formula is C18H17N3O3S. The number of hydrogen-bond donors (Lipinski definition) is 1. The molecule has 3 aromatic rings. The monoisotopic (exact) mass is 355 g/mol. The van der Waals surface area contributed by atoms with Crippen LogP contribution in [-0.4, -0.2) is 20.1 Å².